The van der Waals surface area contributed by atoms with E-state index in [1.54, 1.807) is 35.0 Å². The van der Waals surface area contributed by atoms with Crippen LogP contribution in [0.2, 0.25) is 0 Å². The molecular formula is C24H22N4O2. The van der Waals surface area contributed by atoms with Crippen LogP contribution >= 0.6 is 0 Å². The third-order valence-corrected chi connectivity index (χ3v) is 5.01. The molecule has 0 aliphatic carbocycles. The van der Waals surface area contributed by atoms with Crippen LogP contribution in [0.5, 0.6) is 0 Å². The Morgan fingerprint density at radius 3 is 2.23 bits per heavy atom. The average Bonchev–Trinajstić information content (AvgIpc) is 3.04. The van der Waals surface area contributed by atoms with Crippen molar-refractivity contribution in [1.82, 2.24) is 14.8 Å². The minimum atomic E-state index is -0.243. The number of hydrogen-bond acceptors (Lipinski definition) is 4. The second-order valence-electron chi connectivity index (χ2n) is 7.43. The van der Waals surface area contributed by atoms with Gasteiger partial charge in [-0.15, -0.1) is 0 Å². The molecule has 0 saturated carbocycles. The molecule has 4 rings (SSSR count). The highest BCUT2D eigenvalue weighted by Gasteiger charge is 2.19. The van der Waals surface area contributed by atoms with Gasteiger partial charge in [0.15, 0.2) is 11.4 Å². The molecule has 0 aliphatic heterocycles. The van der Waals surface area contributed by atoms with Gasteiger partial charge < -0.3 is 5.32 Å². The maximum Gasteiger partial charge on any atom is 0.256 e. The molecule has 0 saturated heterocycles. The van der Waals surface area contributed by atoms with E-state index in [0.717, 1.165) is 28.0 Å². The smallest absolute Gasteiger partial charge is 0.256 e. The van der Waals surface area contributed by atoms with E-state index in [1.165, 1.54) is 6.92 Å². The van der Waals surface area contributed by atoms with Crippen molar-refractivity contribution in [2.45, 2.75) is 27.7 Å². The van der Waals surface area contributed by atoms with Crippen molar-refractivity contribution in [3.63, 3.8) is 0 Å². The minimum Gasteiger partial charge on any atom is -0.322 e. The number of rotatable bonds is 4. The van der Waals surface area contributed by atoms with Gasteiger partial charge in [-0.3, -0.25) is 9.59 Å². The molecule has 2 heterocycles. The molecule has 2 aromatic heterocycles. The third kappa shape index (κ3) is 3.59. The summed E-state index contributed by atoms with van der Waals surface area (Å²) in [6.07, 6.45) is 0. The number of anilines is 1. The molecule has 4 aromatic rings. The summed E-state index contributed by atoms with van der Waals surface area (Å²) in [5.41, 5.74) is 5.90. The summed E-state index contributed by atoms with van der Waals surface area (Å²) in [4.78, 5) is 29.2. The van der Waals surface area contributed by atoms with E-state index in [-0.39, 0.29) is 11.7 Å². The van der Waals surface area contributed by atoms with Gasteiger partial charge in [-0.2, -0.15) is 5.10 Å². The maximum absolute atomic E-state index is 13.1. The van der Waals surface area contributed by atoms with E-state index in [2.05, 4.69) is 15.4 Å². The van der Waals surface area contributed by atoms with E-state index < -0.39 is 0 Å². The van der Waals surface area contributed by atoms with Gasteiger partial charge in [-0.25, -0.2) is 9.67 Å². The number of nitrogens with zero attached hydrogens (tertiary/aromatic N) is 3. The highest BCUT2D eigenvalue weighted by atomic mass is 16.1. The highest BCUT2D eigenvalue weighted by Crippen LogP contribution is 2.26. The standard InChI is InChI=1S/C24H22N4O2/c1-14-5-11-20(12-6-14)28-23-22(16(3)27-28)21(13-15(2)25-23)24(30)26-19-9-7-18(8-10-19)17(4)29/h5-13H,1-4H3,(H,26,30). The van der Waals surface area contributed by atoms with Crippen LogP contribution in [-0.4, -0.2) is 26.5 Å². The number of aryl methyl sites for hydroxylation is 3. The molecule has 30 heavy (non-hydrogen) atoms. The number of pyridine rings is 1. The SMILES string of the molecule is CC(=O)c1ccc(NC(=O)c2cc(C)nc3c2c(C)nn3-c2ccc(C)cc2)cc1. The fourth-order valence-corrected chi connectivity index (χ4v) is 3.45. The highest BCUT2D eigenvalue weighted by molar-refractivity contribution is 6.13. The lowest BCUT2D eigenvalue weighted by molar-refractivity contribution is 0.101. The summed E-state index contributed by atoms with van der Waals surface area (Å²) >= 11 is 0. The molecule has 0 atom stereocenters. The maximum atomic E-state index is 13.1. The minimum absolute atomic E-state index is 0.0153. The molecule has 150 valence electrons. The molecule has 0 bridgehead atoms. The van der Waals surface area contributed by atoms with Gasteiger partial charge in [-0.05, 0) is 70.2 Å². The van der Waals surface area contributed by atoms with Crippen molar-refractivity contribution in [2.75, 3.05) is 5.32 Å². The number of benzene rings is 2. The number of amides is 1. The van der Waals surface area contributed by atoms with Crippen LogP contribution in [0.15, 0.2) is 54.6 Å². The molecule has 6 nitrogen and oxygen atoms in total. The van der Waals surface area contributed by atoms with Crippen LogP contribution in [0.3, 0.4) is 0 Å². The fourth-order valence-electron chi connectivity index (χ4n) is 3.45. The Labute approximate surface area is 174 Å². The molecule has 0 aliphatic rings. The number of fused-ring (bicyclic) bond motifs is 1. The molecule has 1 N–H and O–H groups in total. The third-order valence-electron chi connectivity index (χ3n) is 5.01. The molecular weight excluding hydrogens is 376 g/mol. The second-order valence-corrected chi connectivity index (χ2v) is 7.43. The molecule has 0 spiro atoms. The van der Waals surface area contributed by atoms with Gasteiger partial charge in [0.25, 0.3) is 5.91 Å². The number of hydrogen-bond donors (Lipinski definition) is 1. The molecule has 2 aromatic carbocycles. The Kier molecular flexibility index (Phi) is 4.91. The monoisotopic (exact) mass is 398 g/mol. The normalized spacial score (nSPS) is 10.9. The summed E-state index contributed by atoms with van der Waals surface area (Å²) < 4.78 is 1.77. The van der Waals surface area contributed by atoms with Gasteiger partial charge in [0, 0.05) is 16.9 Å². The van der Waals surface area contributed by atoms with Gasteiger partial charge in [-0.1, -0.05) is 17.7 Å². The second kappa shape index (κ2) is 7.55. The van der Waals surface area contributed by atoms with Gasteiger partial charge in [0.2, 0.25) is 0 Å². The van der Waals surface area contributed by atoms with Crippen LogP contribution in [0.25, 0.3) is 16.7 Å². The van der Waals surface area contributed by atoms with Crippen molar-refractivity contribution < 1.29 is 9.59 Å². The zero-order chi connectivity index (χ0) is 21.4. The van der Waals surface area contributed by atoms with Gasteiger partial charge in [0.05, 0.1) is 22.3 Å². The summed E-state index contributed by atoms with van der Waals surface area (Å²) in [6.45, 7) is 7.28. The lowest BCUT2D eigenvalue weighted by Crippen LogP contribution is -2.13. The summed E-state index contributed by atoms with van der Waals surface area (Å²) in [5, 5.41) is 8.28. The molecule has 6 heteroatoms. The van der Waals surface area contributed by atoms with Crippen LogP contribution in [0, 0.1) is 20.8 Å². The van der Waals surface area contributed by atoms with Gasteiger partial charge in [0.1, 0.15) is 0 Å². The zero-order valence-electron chi connectivity index (χ0n) is 17.4. The zero-order valence-corrected chi connectivity index (χ0v) is 17.4. The largest absolute Gasteiger partial charge is 0.322 e. The van der Waals surface area contributed by atoms with Crippen molar-refractivity contribution in [2.24, 2.45) is 0 Å². The number of Topliss-reactive ketones (excluding diaryl/α,β-unsaturated/α-hetero) is 1. The predicted octanol–water partition coefficient (Wildman–Crippen LogP) is 4.80. The van der Waals surface area contributed by atoms with Crippen molar-refractivity contribution in [3.8, 4) is 5.69 Å². The Morgan fingerprint density at radius 1 is 0.933 bits per heavy atom. The predicted molar refractivity (Wildman–Crippen MR) is 117 cm³/mol. The van der Waals surface area contributed by atoms with Crippen LogP contribution in [-0.2, 0) is 0 Å². The van der Waals surface area contributed by atoms with E-state index >= 15 is 0 Å². The number of carbonyl (C=O) groups is 2. The quantitative estimate of drug-likeness (QED) is 0.501. The first-order valence-electron chi connectivity index (χ1n) is 9.70. The van der Waals surface area contributed by atoms with Crippen LogP contribution in [0.1, 0.15) is 44.6 Å². The fraction of sp³-hybridized carbons (Fsp3) is 0.167. The Morgan fingerprint density at radius 2 is 1.60 bits per heavy atom. The first-order valence-corrected chi connectivity index (χ1v) is 9.70. The van der Waals surface area contributed by atoms with Crippen LogP contribution in [0.4, 0.5) is 5.69 Å². The molecule has 0 unspecified atom stereocenters. The first-order chi connectivity index (χ1) is 14.3. The lowest BCUT2D eigenvalue weighted by atomic mass is 10.1. The van der Waals surface area contributed by atoms with Gasteiger partial charge >= 0.3 is 0 Å². The molecule has 0 radical (unpaired) electrons. The number of aromatic nitrogens is 3. The molecule has 1 amide bonds. The van der Waals surface area contributed by atoms with E-state index in [9.17, 15) is 9.59 Å². The van der Waals surface area contributed by atoms with E-state index in [4.69, 9.17) is 0 Å². The van der Waals surface area contributed by atoms with Crippen molar-refractivity contribution in [3.05, 3.63) is 82.7 Å². The summed E-state index contributed by atoms with van der Waals surface area (Å²) in [5.74, 6) is -0.258. The Hall–Kier alpha value is -3.80. The Balaban J connectivity index is 1.76. The summed E-state index contributed by atoms with van der Waals surface area (Å²) in [7, 11) is 0. The van der Waals surface area contributed by atoms with E-state index in [1.807, 2.05) is 45.0 Å². The summed E-state index contributed by atoms with van der Waals surface area (Å²) in [6, 6.07) is 16.6. The van der Waals surface area contributed by atoms with Crippen molar-refractivity contribution in [1.29, 1.82) is 0 Å². The number of carbonyl (C=O) groups excluding carboxylic acids is 2. The van der Waals surface area contributed by atoms with Crippen molar-refractivity contribution >= 4 is 28.4 Å². The average molecular weight is 398 g/mol. The number of ketones is 1. The van der Waals surface area contributed by atoms with Crippen LogP contribution < -0.4 is 5.32 Å². The Bertz CT molecular complexity index is 1270. The van der Waals surface area contributed by atoms with E-state index in [0.29, 0.717) is 22.5 Å². The lowest BCUT2D eigenvalue weighted by Gasteiger charge is -2.09. The topological polar surface area (TPSA) is 76.9 Å². The first kappa shape index (κ1) is 19.5. The molecule has 0 fully saturated rings. The number of nitrogens with one attached hydrogen (secondary N) is 1.